The van der Waals surface area contributed by atoms with Gasteiger partial charge in [0.25, 0.3) is 0 Å². The predicted molar refractivity (Wildman–Crippen MR) is 70.3 cm³/mol. The normalized spacial score (nSPS) is 12.0. The van der Waals surface area contributed by atoms with E-state index < -0.39 is 12.0 Å². The molecule has 0 aliphatic carbocycles. The molecule has 1 amide bonds. The summed E-state index contributed by atoms with van der Waals surface area (Å²) in [4.78, 5) is 23.5. The average Bonchev–Trinajstić information content (AvgIpc) is 2.80. The average molecular weight is 284 g/mol. The molecule has 0 spiro atoms. The highest BCUT2D eigenvalue weighted by Crippen LogP contribution is 2.12. The van der Waals surface area contributed by atoms with Gasteiger partial charge in [-0.1, -0.05) is 5.21 Å². The molecule has 1 N–H and O–H groups in total. The lowest BCUT2D eigenvalue weighted by molar-refractivity contribution is -0.124. The van der Waals surface area contributed by atoms with Crippen molar-refractivity contribution >= 4 is 11.9 Å². The summed E-state index contributed by atoms with van der Waals surface area (Å²) in [5, 5.41) is 10.3. The molecule has 0 aliphatic rings. The van der Waals surface area contributed by atoms with Crippen LogP contribution in [0.2, 0.25) is 0 Å². The van der Waals surface area contributed by atoms with Crippen LogP contribution in [0.15, 0.2) is 0 Å². The van der Waals surface area contributed by atoms with Crippen LogP contribution in [0, 0.1) is 6.92 Å². The van der Waals surface area contributed by atoms with E-state index in [4.69, 9.17) is 9.47 Å². The smallest absolute Gasteiger partial charge is 0.360 e. The number of esters is 1. The lowest BCUT2D eigenvalue weighted by Gasteiger charge is -2.12. The van der Waals surface area contributed by atoms with Crippen LogP contribution in [-0.4, -0.2) is 53.7 Å². The Morgan fingerprint density at radius 2 is 2.10 bits per heavy atom. The Labute approximate surface area is 117 Å². The summed E-state index contributed by atoms with van der Waals surface area (Å²) >= 11 is 0. The fourth-order valence-corrected chi connectivity index (χ4v) is 1.62. The minimum Gasteiger partial charge on any atom is -0.458 e. The number of aromatic nitrogens is 3. The van der Waals surface area contributed by atoms with E-state index >= 15 is 0 Å². The number of amides is 1. The van der Waals surface area contributed by atoms with Gasteiger partial charge in [-0.15, -0.1) is 5.10 Å². The maximum Gasteiger partial charge on any atom is 0.360 e. The van der Waals surface area contributed by atoms with Crippen molar-refractivity contribution in [2.75, 3.05) is 26.9 Å². The zero-order chi connectivity index (χ0) is 15.1. The summed E-state index contributed by atoms with van der Waals surface area (Å²) in [7, 11) is 1.52. The van der Waals surface area contributed by atoms with Gasteiger partial charge in [0.15, 0.2) is 5.69 Å². The van der Waals surface area contributed by atoms with Gasteiger partial charge in [0, 0.05) is 13.7 Å². The SMILES string of the molecule is CCNC(=O)C(C)n1nnc(C(=O)OCCOC)c1C. The highest BCUT2D eigenvalue weighted by Gasteiger charge is 2.23. The van der Waals surface area contributed by atoms with E-state index in [0.717, 1.165) is 0 Å². The molecule has 1 unspecified atom stereocenters. The van der Waals surface area contributed by atoms with Gasteiger partial charge in [-0.2, -0.15) is 0 Å². The lowest BCUT2D eigenvalue weighted by atomic mass is 10.2. The van der Waals surface area contributed by atoms with Crippen LogP contribution >= 0.6 is 0 Å². The number of carbonyl (C=O) groups excluding carboxylic acids is 2. The van der Waals surface area contributed by atoms with E-state index in [0.29, 0.717) is 18.8 Å². The third-order valence-electron chi connectivity index (χ3n) is 2.74. The van der Waals surface area contributed by atoms with Crippen molar-refractivity contribution in [2.45, 2.75) is 26.8 Å². The molecule has 0 bridgehead atoms. The second-order valence-electron chi connectivity index (χ2n) is 4.17. The summed E-state index contributed by atoms with van der Waals surface area (Å²) in [5.74, 6) is -0.756. The Balaban J connectivity index is 2.78. The minimum absolute atomic E-state index is 0.109. The second kappa shape index (κ2) is 7.59. The van der Waals surface area contributed by atoms with Crippen LogP contribution in [0.1, 0.15) is 36.1 Å². The summed E-state index contributed by atoms with van der Waals surface area (Å²) in [6.07, 6.45) is 0. The molecular formula is C12H20N4O4. The highest BCUT2D eigenvalue weighted by atomic mass is 16.6. The van der Waals surface area contributed by atoms with E-state index in [9.17, 15) is 9.59 Å². The monoisotopic (exact) mass is 284 g/mol. The van der Waals surface area contributed by atoms with Gasteiger partial charge in [-0.25, -0.2) is 9.48 Å². The molecule has 1 aromatic heterocycles. The number of nitrogens with zero attached hydrogens (tertiary/aromatic N) is 3. The van der Waals surface area contributed by atoms with E-state index in [1.165, 1.54) is 11.8 Å². The first-order valence-electron chi connectivity index (χ1n) is 6.38. The van der Waals surface area contributed by atoms with Gasteiger partial charge in [0.05, 0.1) is 12.3 Å². The third-order valence-corrected chi connectivity index (χ3v) is 2.74. The fraction of sp³-hybridized carbons (Fsp3) is 0.667. The molecule has 0 saturated heterocycles. The van der Waals surface area contributed by atoms with E-state index in [1.54, 1.807) is 13.8 Å². The lowest BCUT2D eigenvalue weighted by Crippen LogP contribution is -2.31. The molecule has 1 heterocycles. The maximum absolute atomic E-state index is 11.8. The van der Waals surface area contributed by atoms with Gasteiger partial charge >= 0.3 is 5.97 Å². The molecule has 0 saturated carbocycles. The van der Waals surface area contributed by atoms with Crippen LogP contribution < -0.4 is 5.32 Å². The quantitative estimate of drug-likeness (QED) is 0.563. The molecule has 1 rings (SSSR count). The fourth-order valence-electron chi connectivity index (χ4n) is 1.62. The van der Waals surface area contributed by atoms with E-state index in [1.807, 2.05) is 6.92 Å². The minimum atomic E-state index is -0.575. The maximum atomic E-state index is 11.8. The van der Waals surface area contributed by atoms with Crippen molar-refractivity contribution in [3.8, 4) is 0 Å². The number of likely N-dealkylation sites (N-methyl/N-ethyl adjacent to an activating group) is 1. The Kier molecular flexibility index (Phi) is 6.10. The van der Waals surface area contributed by atoms with E-state index in [-0.39, 0.29) is 18.2 Å². The molecular weight excluding hydrogens is 264 g/mol. The predicted octanol–water partition coefficient (Wildman–Crippen LogP) is 0.0868. The summed E-state index contributed by atoms with van der Waals surface area (Å²) in [6, 6.07) is -0.539. The zero-order valence-corrected chi connectivity index (χ0v) is 12.2. The Hall–Kier alpha value is -1.96. The summed E-state index contributed by atoms with van der Waals surface area (Å²) < 4.78 is 11.2. The van der Waals surface area contributed by atoms with Crippen LogP contribution in [0.3, 0.4) is 0 Å². The van der Waals surface area contributed by atoms with Crippen LogP contribution in [0.4, 0.5) is 0 Å². The number of rotatable bonds is 7. The van der Waals surface area contributed by atoms with Gasteiger partial charge in [-0.05, 0) is 20.8 Å². The highest BCUT2D eigenvalue weighted by molar-refractivity contribution is 5.88. The molecule has 112 valence electrons. The molecule has 20 heavy (non-hydrogen) atoms. The summed E-state index contributed by atoms with van der Waals surface area (Å²) in [5.41, 5.74) is 0.600. The Bertz CT molecular complexity index is 472. The largest absolute Gasteiger partial charge is 0.458 e. The van der Waals surface area contributed by atoms with Crippen molar-refractivity contribution in [3.63, 3.8) is 0 Å². The first kappa shape index (κ1) is 16.1. The number of carbonyl (C=O) groups is 2. The number of hydrogen-bond acceptors (Lipinski definition) is 6. The standard InChI is InChI=1S/C12H20N4O4/c1-5-13-11(17)9(3)16-8(2)10(14-15-16)12(18)20-7-6-19-4/h9H,5-7H2,1-4H3,(H,13,17). The van der Waals surface area contributed by atoms with Crippen molar-refractivity contribution < 1.29 is 19.1 Å². The first-order valence-corrected chi connectivity index (χ1v) is 6.38. The van der Waals surface area contributed by atoms with Crippen molar-refractivity contribution in [1.29, 1.82) is 0 Å². The number of ether oxygens (including phenoxy) is 2. The van der Waals surface area contributed by atoms with Crippen molar-refractivity contribution in [1.82, 2.24) is 20.3 Å². The number of hydrogen-bond donors (Lipinski definition) is 1. The molecule has 8 nitrogen and oxygen atoms in total. The number of methoxy groups -OCH3 is 1. The Morgan fingerprint density at radius 3 is 2.70 bits per heavy atom. The van der Waals surface area contributed by atoms with E-state index in [2.05, 4.69) is 15.6 Å². The Morgan fingerprint density at radius 1 is 1.40 bits per heavy atom. The molecule has 8 heteroatoms. The second-order valence-corrected chi connectivity index (χ2v) is 4.17. The van der Waals surface area contributed by atoms with Gasteiger partial charge in [0.1, 0.15) is 12.6 Å². The molecule has 0 aliphatic heterocycles. The van der Waals surface area contributed by atoms with Crippen LogP contribution in [0.25, 0.3) is 0 Å². The van der Waals surface area contributed by atoms with Gasteiger partial charge in [0.2, 0.25) is 5.91 Å². The topological polar surface area (TPSA) is 95.3 Å². The first-order chi connectivity index (χ1) is 9.52. The molecule has 0 fully saturated rings. The van der Waals surface area contributed by atoms with Gasteiger partial charge in [-0.3, -0.25) is 4.79 Å². The molecule has 1 aromatic rings. The zero-order valence-electron chi connectivity index (χ0n) is 12.2. The molecule has 1 atom stereocenters. The molecule has 0 radical (unpaired) electrons. The summed E-state index contributed by atoms with van der Waals surface area (Å²) in [6.45, 7) is 6.18. The van der Waals surface area contributed by atoms with Crippen LogP contribution in [-0.2, 0) is 14.3 Å². The van der Waals surface area contributed by atoms with Crippen molar-refractivity contribution in [3.05, 3.63) is 11.4 Å². The van der Waals surface area contributed by atoms with Gasteiger partial charge < -0.3 is 14.8 Å². The molecule has 0 aromatic carbocycles. The van der Waals surface area contributed by atoms with Crippen molar-refractivity contribution in [2.24, 2.45) is 0 Å². The number of nitrogens with one attached hydrogen (secondary N) is 1. The van der Waals surface area contributed by atoms with Crippen LogP contribution in [0.5, 0.6) is 0 Å². The third kappa shape index (κ3) is 3.77.